The summed E-state index contributed by atoms with van der Waals surface area (Å²) < 4.78 is 9.59. The molecule has 2 aromatic rings. The number of hydrogen-bond acceptors (Lipinski definition) is 3. The van der Waals surface area contributed by atoms with E-state index >= 15 is 0 Å². The van der Waals surface area contributed by atoms with Gasteiger partial charge >= 0.3 is 0 Å². The van der Waals surface area contributed by atoms with E-state index in [1.54, 1.807) is 0 Å². The first-order valence-electron chi connectivity index (χ1n) is 8.62. The summed E-state index contributed by atoms with van der Waals surface area (Å²) >= 11 is 0. The van der Waals surface area contributed by atoms with Crippen molar-refractivity contribution >= 4 is 0 Å². The van der Waals surface area contributed by atoms with Gasteiger partial charge in [-0.1, -0.05) is 20.8 Å². The molecule has 23 heavy (non-hydrogen) atoms. The fraction of sp³-hybridized carbons (Fsp3) is 0.667. The number of ether oxygens (including phenoxy) is 1. The van der Waals surface area contributed by atoms with Crippen LogP contribution in [0.3, 0.4) is 0 Å². The van der Waals surface area contributed by atoms with Crippen molar-refractivity contribution in [1.29, 1.82) is 0 Å². The van der Waals surface area contributed by atoms with Gasteiger partial charge in [0.1, 0.15) is 0 Å². The molecule has 2 aromatic heterocycles. The predicted octanol–water partition coefficient (Wildman–Crippen LogP) is 3.42. The quantitative estimate of drug-likeness (QED) is 0.631. The molecule has 0 saturated heterocycles. The molecular weight excluding hydrogens is 288 g/mol. The Bertz CT molecular complexity index is 573. The van der Waals surface area contributed by atoms with E-state index in [1.807, 2.05) is 28.8 Å². The Kier molecular flexibility index (Phi) is 6.84. The van der Waals surface area contributed by atoms with Crippen LogP contribution in [0.15, 0.2) is 24.8 Å². The molecule has 0 aromatic carbocycles. The van der Waals surface area contributed by atoms with Crippen molar-refractivity contribution in [1.82, 2.24) is 19.6 Å². The molecule has 0 saturated carbocycles. The maximum absolute atomic E-state index is 5.76. The van der Waals surface area contributed by atoms with Crippen LogP contribution in [-0.2, 0) is 24.8 Å². The summed E-state index contributed by atoms with van der Waals surface area (Å²) in [4.78, 5) is 0. The molecule has 2 rings (SSSR count). The Morgan fingerprint density at radius 3 is 2.52 bits per heavy atom. The maximum Gasteiger partial charge on any atom is 0.0662 e. The van der Waals surface area contributed by atoms with Crippen molar-refractivity contribution in [2.24, 2.45) is 13.0 Å². The fourth-order valence-corrected chi connectivity index (χ4v) is 2.50. The lowest BCUT2D eigenvalue weighted by Crippen LogP contribution is -2.09. The van der Waals surface area contributed by atoms with E-state index in [4.69, 9.17) is 4.74 Å². The summed E-state index contributed by atoms with van der Waals surface area (Å²) in [6.07, 6.45) is 11.5. The van der Waals surface area contributed by atoms with E-state index in [0.717, 1.165) is 32.6 Å². The Labute approximate surface area is 139 Å². The van der Waals surface area contributed by atoms with Crippen LogP contribution in [0.2, 0.25) is 0 Å². The molecule has 0 fully saturated rings. The van der Waals surface area contributed by atoms with Gasteiger partial charge in [-0.15, -0.1) is 0 Å². The van der Waals surface area contributed by atoms with Crippen LogP contribution in [0.4, 0.5) is 0 Å². The van der Waals surface area contributed by atoms with Gasteiger partial charge in [0.2, 0.25) is 0 Å². The number of nitrogens with zero attached hydrogens (tertiary/aromatic N) is 4. The molecule has 0 N–H and O–H groups in total. The van der Waals surface area contributed by atoms with E-state index in [-0.39, 0.29) is 0 Å². The molecule has 1 unspecified atom stereocenters. The predicted molar refractivity (Wildman–Crippen MR) is 92.4 cm³/mol. The lowest BCUT2D eigenvalue weighted by atomic mass is 10.0. The van der Waals surface area contributed by atoms with Gasteiger partial charge in [0.05, 0.1) is 25.5 Å². The van der Waals surface area contributed by atoms with Gasteiger partial charge in [0.15, 0.2) is 0 Å². The molecular formula is C18H30N4O. The standard InChI is InChI=1S/C18H30N4O/c1-15(2)18-12-20-22(14-18)8-10-23-9-7-16(3)5-6-17-11-19-21(4)13-17/h11-16H,5-10H2,1-4H3. The average Bonchev–Trinajstić information content (AvgIpc) is 3.14. The molecule has 2 heterocycles. The van der Waals surface area contributed by atoms with Crippen molar-refractivity contribution in [2.45, 2.75) is 52.5 Å². The summed E-state index contributed by atoms with van der Waals surface area (Å²) in [5.74, 6) is 1.21. The SMILES string of the molecule is CC(CCOCCn1cc(C(C)C)cn1)CCc1cnn(C)c1. The topological polar surface area (TPSA) is 44.9 Å². The highest BCUT2D eigenvalue weighted by atomic mass is 16.5. The zero-order chi connectivity index (χ0) is 16.7. The molecule has 0 radical (unpaired) electrons. The minimum atomic E-state index is 0.533. The highest BCUT2D eigenvalue weighted by molar-refractivity contribution is 5.08. The minimum absolute atomic E-state index is 0.533. The monoisotopic (exact) mass is 318 g/mol. The van der Waals surface area contributed by atoms with Crippen molar-refractivity contribution in [2.75, 3.05) is 13.2 Å². The molecule has 128 valence electrons. The lowest BCUT2D eigenvalue weighted by molar-refractivity contribution is 0.111. The first kappa shape index (κ1) is 17.7. The highest BCUT2D eigenvalue weighted by Gasteiger charge is 2.05. The molecule has 0 spiro atoms. The largest absolute Gasteiger partial charge is 0.380 e. The Morgan fingerprint density at radius 2 is 1.87 bits per heavy atom. The van der Waals surface area contributed by atoms with E-state index in [9.17, 15) is 0 Å². The van der Waals surface area contributed by atoms with Crippen molar-refractivity contribution in [3.63, 3.8) is 0 Å². The molecule has 5 heteroatoms. The maximum atomic E-state index is 5.76. The smallest absolute Gasteiger partial charge is 0.0662 e. The van der Waals surface area contributed by atoms with E-state index in [0.29, 0.717) is 11.8 Å². The molecule has 0 aliphatic rings. The highest BCUT2D eigenvalue weighted by Crippen LogP contribution is 2.13. The Balaban J connectivity index is 1.54. The fourth-order valence-electron chi connectivity index (χ4n) is 2.50. The second-order valence-electron chi connectivity index (χ2n) is 6.76. The molecule has 1 atom stereocenters. The van der Waals surface area contributed by atoms with Crippen molar-refractivity contribution in [3.05, 3.63) is 35.9 Å². The van der Waals surface area contributed by atoms with E-state index < -0.39 is 0 Å². The van der Waals surface area contributed by atoms with Gasteiger partial charge in [0, 0.05) is 26.0 Å². The molecule has 0 amide bonds. The first-order chi connectivity index (χ1) is 11.0. The number of hydrogen-bond donors (Lipinski definition) is 0. The number of rotatable bonds is 10. The van der Waals surface area contributed by atoms with E-state index in [2.05, 4.69) is 43.4 Å². The summed E-state index contributed by atoms with van der Waals surface area (Å²) in [6.45, 7) is 9.05. The zero-order valence-corrected chi connectivity index (χ0v) is 14.9. The molecule has 0 aliphatic carbocycles. The lowest BCUT2D eigenvalue weighted by Gasteiger charge is -2.11. The summed E-state index contributed by atoms with van der Waals surface area (Å²) in [6, 6.07) is 0. The van der Waals surface area contributed by atoms with Crippen LogP contribution in [0, 0.1) is 5.92 Å². The molecule has 0 bridgehead atoms. The Morgan fingerprint density at radius 1 is 1.04 bits per heavy atom. The summed E-state index contributed by atoms with van der Waals surface area (Å²) in [7, 11) is 1.96. The minimum Gasteiger partial charge on any atom is -0.380 e. The van der Waals surface area contributed by atoms with Crippen LogP contribution in [0.1, 0.15) is 50.7 Å². The zero-order valence-electron chi connectivity index (χ0n) is 14.9. The van der Waals surface area contributed by atoms with Gasteiger partial charge in [-0.2, -0.15) is 10.2 Å². The third kappa shape index (κ3) is 6.18. The third-order valence-corrected chi connectivity index (χ3v) is 4.22. The van der Waals surface area contributed by atoms with Gasteiger partial charge in [0.25, 0.3) is 0 Å². The van der Waals surface area contributed by atoms with Gasteiger partial charge in [-0.3, -0.25) is 9.36 Å². The number of aromatic nitrogens is 4. The molecule has 5 nitrogen and oxygen atoms in total. The average molecular weight is 318 g/mol. The second-order valence-corrected chi connectivity index (χ2v) is 6.76. The second kappa shape index (κ2) is 8.87. The van der Waals surface area contributed by atoms with Crippen LogP contribution in [0.5, 0.6) is 0 Å². The van der Waals surface area contributed by atoms with Crippen molar-refractivity contribution < 1.29 is 4.74 Å². The van der Waals surface area contributed by atoms with Crippen LogP contribution < -0.4 is 0 Å². The van der Waals surface area contributed by atoms with Crippen LogP contribution in [0.25, 0.3) is 0 Å². The Hall–Kier alpha value is -1.62. The normalized spacial score (nSPS) is 12.9. The van der Waals surface area contributed by atoms with Gasteiger partial charge in [-0.25, -0.2) is 0 Å². The van der Waals surface area contributed by atoms with Gasteiger partial charge in [-0.05, 0) is 42.2 Å². The van der Waals surface area contributed by atoms with Crippen LogP contribution >= 0.6 is 0 Å². The summed E-state index contributed by atoms with van der Waals surface area (Å²) in [5.41, 5.74) is 2.61. The van der Waals surface area contributed by atoms with Crippen molar-refractivity contribution in [3.8, 4) is 0 Å². The van der Waals surface area contributed by atoms with Gasteiger partial charge < -0.3 is 4.74 Å². The third-order valence-electron chi connectivity index (χ3n) is 4.22. The summed E-state index contributed by atoms with van der Waals surface area (Å²) in [5, 5.41) is 8.57. The van der Waals surface area contributed by atoms with Crippen LogP contribution in [-0.4, -0.2) is 32.8 Å². The number of aryl methyl sites for hydroxylation is 2. The first-order valence-corrected chi connectivity index (χ1v) is 8.62. The van der Waals surface area contributed by atoms with E-state index in [1.165, 1.54) is 17.5 Å². The molecule has 0 aliphatic heterocycles.